The largest absolute Gasteiger partial charge is 0.381 e. The molecule has 0 atom stereocenters. The minimum atomic E-state index is -0.463. The number of thiophene rings is 1. The fourth-order valence-electron chi connectivity index (χ4n) is 3.81. The summed E-state index contributed by atoms with van der Waals surface area (Å²) in [6.07, 6.45) is 3.52. The second-order valence-corrected chi connectivity index (χ2v) is 8.09. The summed E-state index contributed by atoms with van der Waals surface area (Å²) >= 11 is 1.75. The van der Waals surface area contributed by atoms with Crippen molar-refractivity contribution in [2.24, 2.45) is 0 Å². The summed E-state index contributed by atoms with van der Waals surface area (Å²) in [5.41, 5.74) is 0.430. The van der Waals surface area contributed by atoms with Crippen LogP contribution in [0.25, 0.3) is 0 Å². The molecule has 25 heavy (non-hydrogen) atoms. The van der Waals surface area contributed by atoms with Crippen LogP contribution in [0.5, 0.6) is 0 Å². The first-order valence-electron chi connectivity index (χ1n) is 8.81. The van der Waals surface area contributed by atoms with Crippen LogP contribution in [0.1, 0.15) is 36.1 Å². The van der Waals surface area contributed by atoms with Crippen LogP contribution >= 0.6 is 11.3 Å². The molecule has 1 N–H and O–H groups in total. The Labute approximate surface area is 151 Å². The summed E-state index contributed by atoms with van der Waals surface area (Å²) < 4.78 is 18.7. The van der Waals surface area contributed by atoms with Gasteiger partial charge in [0.05, 0.1) is 5.41 Å². The second kappa shape index (κ2) is 6.54. The van der Waals surface area contributed by atoms with Gasteiger partial charge in [-0.05, 0) is 54.8 Å². The van der Waals surface area contributed by atoms with Gasteiger partial charge in [0, 0.05) is 30.1 Å². The van der Waals surface area contributed by atoms with Crippen LogP contribution < -0.4 is 5.32 Å². The normalized spacial score (nSPS) is 20.8. The van der Waals surface area contributed by atoms with E-state index in [4.69, 9.17) is 4.74 Å². The third-order valence-corrected chi connectivity index (χ3v) is 6.78. The lowest BCUT2D eigenvalue weighted by molar-refractivity contribution is -0.124. The minimum absolute atomic E-state index is 0.0268. The lowest BCUT2D eigenvalue weighted by Gasteiger charge is -2.37. The molecular formula is C20H22FNO2S. The number of carbonyl (C=O) groups is 1. The number of benzene rings is 1. The highest BCUT2D eigenvalue weighted by Gasteiger charge is 2.51. The molecule has 3 nitrogen and oxygen atoms in total. The number of nitrogens with one attached hydrogen (secondary N) is 1. The van der Waals surface area contributed by atoms with Crippen LogP contribution in [-0.4, -0.2) is 25.7 Å². The number of carbonyl (C=O) groups excluding carboxylic acids is 1. The Morgan fingerprint density at radius 2 is 1.84 bits per heavy atom. The van der Waals surface area contributed by atoms with E-state index in [9.17, 15) is 9.18 Å². The van der Waals surface area contributed by atoms with Gasteiger partial charge in [0.1, 0.15) is 5.82 Å². The average Bonchev–Trinajstić information content (AvgIpc) is 3.26. The van der Waals surface area contributed by atoms with E-state index < -0.39 is 5.41 Å². The monoisotopic (exact) mass is 359 g/mol. The quantitative estimate of drug-likeness (QED) is 0.882. The van der Waals surface area contributed by atoms with Crippen LogP contribution in [0.3, 0.4) is 0 Å². The molecule has 0 unspecified atom stereocenters. The Kier molecular flexibility index (Phi) is 4.38. The molecule has 0 spiro atoms. The van der Waals surface area contributed by atoms with Crippen molar-refractivity contribution in [2.75, 3.05) is 19.8 Å². The fraction of sp³-hybridized carbons (Fsp3) is 0.450. The van der Waals surface area contributed by atoms with Gasteiger partial charge in [-0.1, -0.05) is 18.2 Å². The van der Waals surface area contributed by atoms with Gasteiger partial charge in [0.15, 0.2) is 0 Å². The molecule has 1 saturated carbocycles. The van der Waals surface area contributed by atoms with Gasteiger partial charge < -0.3 is 10.1 Å². The fourth-order valence-corrected chi connectivity index (χ4v) is 4.80. The van der Waals surface area contributed by atoms with E-state index in [0.717, 1.165) is 44.5 Å². The zero-order valence-corrected chi connectivity index (χ0v) is 14.9. The lowest BCUT2D eigenvalue weighted by Crippen LogP contribution is -2.46. The van der Waals surface area contributed by atoms with E-state index >= 15 is 0 Å². The Morgan fingerprint density at radius 3 is 2.44 bits per heavy atom. The maximum atomic E-state index is 13.2. The van der Waals surface area contributed by atoms with E-state index in [1.165, 1.54) is 17.0 Å². The predicted octanol–water partition coefficient (Wildman–Crippen LogP) is 3.78. The summed E-state index contributed by atoms with van der Waals surface area (Å²) in [5, 5.41) is 5.31. The van der Waals surface area contributed by atoms with Crippen LogP contribution in [0.4, 0.5) is 4.39 Å². The van der Waals surface area contributed by atoms with Crippen molar-refractivity contribution in [3.05, 3.63) is 58.0 Å². The van der Waals surface area contributed by atoms with Crippen LogP contribution in [-0.2, 0) is 20.4 Å². The Bertz CT molecular complexity index is 732. The summed E-state index contributed by atoms with van der Waals surface area (Å²) in [6.45, 7) is 2.10. The molecule has 1 aliphatic carbocycles. The van der Waals surface area contributed by atoms with Gasteiger partial charge in [-0.3, -0.25) is 4.79 Å². The minimum Gasteiger partial charge on any atom is -0.381 e. The molecule has 0 radical (unpaired) electrons. The van der Waals surface area contributed by atoms with Gasteiger partial charge in [0.2, 0.25) is 5.91 Å². The van der Waals surface area contributed by atoms with Gasteiger partial charge in [-0.2, -0.15) is 0 Å². The molecule has 1 aliphatic heterocycles. The highest BCUT2D eigenvalue weighted by Crippen LogP contribution is 2.48. The summed E-state index contributed by atoms with van der Waals surface area (Å²) in [5.74, 6) is -0.194. The lowest BCUT2D eigenvalue weighted by atomic mass is 9.78. The van der Waals surface area contributed by atoms with Crippen molar-refractivity contribution in [1.82, 2.24) is 5.32 Å². The first-order valence-corrected chi connectivity index (χ1v) is 9.69. The molecule has 2 fully saturated rings. The summed E-state index contributed by atoms with van der Waals surface area (Å²) in [7, 11) is 0. The van der Waals surface area contributed by atoms with Crippen LogP contribution in [0.2, 0.25) is 0 Å². The Morgan fingerprint density at radius 1 is 1.12 bits per heavy atom. The standard InChI is InChI=1S/C20H22FNO2S/c21-16-5-3-15(4-6-16)20(7-8-20)18(23)22-14-19(9-11-24-12-10-19)17-2-1-13-25-17/h1-6,13H,7-12,14H2,(H,22,23). The van der Waals surface area contributed by atoms with Gasteiger partial charge in [-0.15, -0.1) is 11.3 Å². The zero-order chi connectivity index (χ0) is 17.3. The van der Waals surface area contributed by atoms with Crippen molar-refractivity contribution in [2.45, 2.75) is 36.5 Å². The maximum absolute atomic E-state index is 13.2. The second-order valence-electron chi connectivity index (χ2n) is 7.14. The third kappa shape index (κ3) is 3.11. The predicted molar refractivity (Wildman–Crippen MR) is 96.4 cm³/mol. The van der Waals surface area contributed by atoms with Crippen molar-refractivity contribution in [3.63, 3.8) is 0 Å². The number of amides is 1. The molecule has 4 rings (SSSR count). The molecular weight excluding hydrogens is 337 g/mol. The summed E-state index contributed by atoms with van der Waals surface area (Å²) in [6, 6.07) is 10.6. The average molecular weight is 359 g/mol. The molecule has 1 saturated heterocycles. The number of rotatable bonds is 5. The van der Waals surface area contributed by atoms with Crippen molar-refractivity contribution < 1.29 is 13.9 Å². The highest BCUT2D eigenvalue weighted by atomic mass is 32.1. The van der Waals surface area contributed by atoms with Crippen molar-refractivity contribution >= 4 is 17.2 Å². The SMILES string of the molecule is O=C(NCC1(c2cccs2)CCOCC1)C1(c2ccc(F)cc2)CC1. The van der Waals surface area contributed by atoms with E-state index in [2.05, 4.69) is 22.8 Å². The first kappa shape index (κ1) is 16.7. The molecule has 1 aromatic carbocycles. The molecule has 0 bridgehead atoms. The summed E-state index contributed by atoms with van der Waals surface area (Å²) in [4.78, 5) is 14.3. The van der Waals surface area contributed by atoms with E-state index in [-0.39, 0.29) is 17.1 Å². The Balaban J connectivity index is 1.49. The van der Waals surface area contributed by atoms with Gasteiger partial charge >= 0.3 is 0 Å². The van der Waals surface area contributed by atoms with Gasteiger partial charge in [-0.25, -0.2) is 4.39 Å². The molecule has 2 aliphatic rings. The maximum Gasteiger partial charge on any atom is 0.230 e. The van der Waals surface area contributed by atoms with E-state index in [1.807, 2.05) is 0 Å². The molecule has 2 aromatic rings. The topological polar surface area (TPSA) is 38.3 Å². The number of ether oxygens (including phenoxy) is 1. The van der Waals surface area contributed by atoms with E-state index in [0.29, 0.717) is 6.54 Å². The molecule has 5 heteroatoms. The third-order valence-electron chi connectivity index (χ3n) is 5.66. The highest BCUT2D eigenvalue weighted by molar-refractivity contribution is 7.10. The molecule has 1 aromatic heterocycles. The van der Waals surface area contributed by atoms with Crippen LogP contribution in [0.15, 0.2) is 41.8 Å². The molecule has 132 valence electrons. The van der Waals surface area contributed by atoms with Crippen molar-refractivity contribution in [1.29, 1.82) is 0 Å². The Hall–Kier alpha value is -1.72. The first-order chi connectivity index (χ1) is 12.1. The number of halogens is 1. The molecule has 1 amide bonds. The van der Waals surface area contributed by atoms with E-state index in [1.54, 1.807) is 23.5 Å². The zero-order valence-electron chi connectivity index (χ0n) is 14.1. The smallest absolute Gasteiger partial charge is 0.230 e. The van der Waals surface area contributed by atoms with Crippen molar-refractivity contribution in [3.8, 4) is 0 Å². The van der Waals surface area contributed by atoms with Gasteiger partial charge in [0.25, 0.3) is 0 Å². The number of hydrogen-bond donors (Lipinski definition) is 1. The molecule has 2 heterocycles. The number of hydrogen-bond acceptors (Lipinski definition) is 3. The van der Waals surface area contributed by atoms with Crippen LogP contribution in [0, 0.1) is 5.82 Å².